The van der Waals surface area contributed by atoms with E-state index >= 15 is 0 Å². The lowest BCUT2D eigenvalue weighted by atomic mass is 10.1. The Balaban J connectivity index is 1.45. The van der Waals surface area contributed by atoms with Gasteiger partial charge in [-0.3, -0.25) is 14.3 Å². The highest BCUT2D eigenvalue weighted by atomic mass is 16.2. The Morgan fingerprint density at radius 3 is 2.21 bits per heavy atom. The molecule has 1 aliphatic rings. The number of nitrogens with one attached hydrogen (secondary N) is 2. The number of aromatic nitrogens is 2. The van der Waals surface area contributed by atoms with Crippen molar-refractivity contribution in [3.05, 3.63) is 108 Å². The van der Waals surface area contributed by atoms with E-state index in [4.69, 9.17) is 5.10 Å². The third-order valence-electron chi connectivity index (χ3n) is 5.57. The molecule has 164 valence electrons. The molecule has 33 heavy (non-hydrogen) atoms. The molecule has 3 aromatic carbocycles. The molecule has 0 bridgehead atoms. The Morgan fingerprint density at radius 2 is 1.48 bits per heavy atom. The molecule has 0 spiro atoms. The molecule has 6 heteroatoms. The van der Waals surface area contributed by atoms with E-state index in [1.807, 2.05) is 60.7 Å². The van der Waals surface area contributed by atoms with Gasteiger partial charge in [-0.2, -0.15) is 5.10 Å². The first-order valence-corrected chi connectivity index (χ1v) is 11.1. The Hall–Kier alpha value is -4.19. The third-order valence-corrected chi connectivity index (χ3v) is 5.57. The first kappa shape index (κ1) is 20.7. The Morgan fingerprint density at radius 1 is 0.818 bits per heavy atom. The predicted octanol–water partition coefficient (Wildman–Crippen LogP) is 4.74. The fourth-order valence-corrected chi connectivity index (χ4v) is 3.72. The first-order chi connectivity index (χ1) is 16.2. The van der Waals surface area contributed by atoms with Crippen molar-refractivity contribution in [3.8, 4) is 11.3 Å². The van der Waals surface area contributed by atoms with Crippen molar-refractivity contribution in [2.24, 2.45) is 0 Å². The predicted molar refractivity (Wildman–Crippen MR) is 128 cm³/mol. The average molecular weight is 437 g/mol. The van der Waals surface area contributed by atoms with Crippen LogP contribution in [0.2, 0.25) is 0 Å². The lowest BCUT2D eigenvalue weighted by molar-refractivity contribution is 0.0952. The van der Waals surface area contributed by atoms with E-state index < -0.39 is 0 Å². The minimum absolute atomic E-state index is 0.170. The number of carbonyl (C=O) groups excluding carboxylic acids is 2. The standard InChI is InChI=1S/C27H24N4O2/c32-26(28-21-15-16-21)22-13-7-8-14-24(22)29-27(33)23-18-31(17-19-9-3-1-4-10-19)30-25(23)20-11-5-2-6-12-20/h1-14,18,21H,15-17H2,(H,28,32)(H,29,33). The van der Waals surface area contributed by atoms with Crippen LogP contribution < -0.4 is 10.6 Å². The summed E-state index contributed by atoms with van der Waals surface area (Å²) < 4.78 is 1.78. The molecular weight excluding hydrogens is 412 g/mol. The van der Waals surface area contributed by atoms with Crippen molar-refractivity contribution < 1.29 is 9.59 Å². The van der Waals surface area contributed by atoms with Gasteiger partial charge < -0.3 is 10.6 Å². The minimum Gasteiger partial charge on any atom is -0.349 e. The second-order valence-corrected chi connectivity index (χ2v) is 8.19. The summed E-state index contributed by atoms with van der Waals surface area (Å²) in [5.41, 5.74) is 3.94. The zero-order valence-corrected chi connectivity index (χ0v) is 18.1. The van der Waals surface area contributed by atoms with E-state index in [2.05, 4.69) is 10.6 Å². The first-order valence-electron chi connectivity index (χ1n) is 11.1. The number of amides is 2. The van der Waals surface area contributed by atoms with Gasteiger partial charge in [-0.15, -0.1) is 0 Å². The van der Waals surface area contributed by atoms with Crippen molar-refractivity contribution in [3.63, 3.8) is 0 Å². The number of rotatable bonds is 7. The molecule has 1 fully saturated rings. The van der Waals surface area contributed by atoms with Crippen molar-refractivity contribution in [2.75, 3.05) is 5.32 Å². The number of nitrogens with zero attached hydrogens (tertiary/aromatic N) is 2. The molecule has 0 unspecified atom stereocenters. The van der Waals surface area contributed by atoms with Gasteiger partial charge in [0.2, 0.25) is 0 Å². The van der Waals surface area contributed by atoms with E-state index in [0.29, 0.717) is 29.1 Å². The van der Waals surface area contributed by atoms with Gasteiger partial charge in [0.25, 0.3) is 11.8 Å². The van der Waals surface area contributed by atoms with Crippen LogP contribution in [0.5, 0.6) is 0 Å². The molecule has 2 amide bonds. The van der Waals surface area contributed by atoms with Crippen LogP contribution in [0.25, 0.3) is 11.3 Å². The topological polar surface area (TPSA) is 76.0 Å². The number of benzene rings is 3. The van der Waals surface area contributed by atoms with E-state index in [1.54, 1.807) is 35.1 Å². The lowest BCUT2D eigenvalue weighted by Crippen LogP contribution is -2.27. The summed E-state index contributed by atoms with van der Waals surface area (Å²) in [5, 5.41) is 10.6. The van der Waals surface area contributed by atoms with Crippen molar-refractivity contribution in [1.29, 1.82) is 0 Å². The number of hydrogen-bond acceptors (Lipinski definition) is 3. The second-order valence-electron chi connectivity index (χ2n) is 8.19. The smallest absolute Gasteiger partial charge is 0.259 e. The fraction of sp³-hybridized carbons (Fsp3) is 0.148. The van der Waals surface area contributed by atoms with E-state index in [0.717, 1.165) is 24.0 Å². The quantitative estimate of drug-likeness (QED) is 0.439. The highest BCUT2D eigenvalue weighted by Crippen LogP contribution is 2.25. The zero-order valence-electron chi connectivity index (χ0n) is 18.1. The van der Waals surface area contributed by atoms with Crippen molar-refractivity contribution in [2.45, 2.75) is 25.4 Å². The highest BCUT2D eigenvalue weighted by molar-refractivity contribution is 6.11. The summed E-state index contributed by atoms with van der Waals surface area (Å²) in [6, 6.07) is 26.9. The molecular formula is C27H24N4O2. The van der Waals surface area contributed by atoms with Gasteiger partial charge in [-0.25, -0.2) is 0 Å². The van der Waals surface area contributed by atoms with Gasteiger partial charge in [0.15, 0.2) is 0 Å². The van der Waals surface area contributed by atoms with E-state index in [-0.39, 0.29) is 17.9 Å². The van der Waals surface area contributed by atoms with Gasteiger partial charge in [0, 0.05) is 17.8 Å². The van der Waals surface area contributed by atoms with Crippen LogP contribution in [0.15, 0.2) is 91.1 Å². The second kappa shape index (κ2) is 9.12. The summed E-state index contributed by atoms with van der Waals surface area (Å²) in [4.78, 5) is 26.0. The highest BCUT2D eigenvalue weighted by Gasteiger charge is 2.25. The largest absolute Gasteiger partial charge is 0.349 e. The maximum absolute atomic E-state index is 13.4. The number of hydrogen-bond donors (Lipinski definition) is 2. The van der Waals surface area contributed by atoms with Crippen LogP contribution in [-0.4, -0.2) is 27.6 Å². The molecule has 0 saturated heterocycles. The molecule has 0 aliphatic heterocycles. The summed E-state index contributed by atoms with van der Waals surface area (Å²) in [5.74, 6) is -0.476. The molecule has 0 atom stereocenters. The minimum atomic E-state index is -0.306. The van der Waals surface area contributed by atoms with E-state index in [1.165, 1.54) is 0 Å². The maximum atomic E-state index is 13.4. The Labute approximate surface area is 192 Å². The molecule has 1 heterocycles. The number of anilines is 1. The van der Waals surface area contributed by atoms with Crippen LogP contribution in [0.1, 0.15) is 39.1 Å². The van der Waals surface area contributed by atoms with Crippen molar-refractivity contribution >= 4 is 17.5 Å². The molecule has 1 aromatic heterocycles. The summed E-state index contributed by atoms with van der Waals surface area (Å²) in [6.45, 7) is 0.550. The monoisotopic (exact) mass is 436 g/mol. The van der Waals surface area contributed by atoms with Gasteiger partial charge in [-0.1, -0.05) is 72.8 Å². The number of para-hydroxylation sites is 1. The van der Waals surface area contributed by atoms with Gasteiger partial charge in [-0.05, 0) is 30.5 Å². The Kier molecular flexibility index (Phi) is 5.72. The molecule has 6 nitrogen and oxygen atoms in total. The summed E-state index contributed by atoms with van der Waals surface area (Å²) in [6.07, 6.45) is 3.76. The molecule has 0 radical (unpaired) electrons. The number of carbonyl (C=O) groups is 2. The third kappa shape index (κ3) is 4.85. The lowest BCUT2D eigenvalue weighted by Gasteiger charge is -2.11. The molecule has 5 rings (SSSR count). The maximum Gasteiger partial charge on any atom is 0.259 e. The summed E-state index contributed by atoms with van der Waals surface area (Å²) in [7, 11) is 0. The Bertz CT molecular complexity index is 1280. The molecule has 2 N–H and O–H groups in total. The SMILES string of the molecule is O=C(NC1CC1)c1ccccc1NC(=O)c1cn(Cc2ccccc2)nc1-c1ccccc1. The fourth-order valence-electron chi connectivity index (χ4n) is 3.72. The van der Waals surface area contributed by atoms with Crippen LogP contribution >= 0.6 is 0 Å². The van der Waals surface area contributed by atoms with Crippen molar-refractivity contribution in [1.82, 2.24) is 15.1 Å². The van der Waals surface area contributed by atoms with Gasteiger partial charge in [0.1, 0.15) is 5.69 Å². The summed E-state index contributed by atoms with van der Waals surface area (Å²) >= 11 is 0. The van der Waals surface area contributed by atoms with Crippen LogP contribution in [0.4, 0.5) is 5.69 Å². The van der Waals surface area contributed by atoms with Gasteiger partial charge >= 0.3 is 0 Å². The molecule has 4 aromatic rings. The normalized spacial score (nSPS) is 12.8. The zero-order chi connectivity index (χ0) is 22.6. The molecule has 1 saturated carbocycles. The van der Waals surface area contributed by atoms with E-state index in [9.17, 15) is 9.59 Å². The van der Waals surface area contributed by atoms with Crippen LogP contribution in [0.3, 0.4) is 0 Å². The molecule has 1 aliphatic carbocycles. The van der Waals surface area contributed by atoms with Gasteiger partial charge in [0.05, 0.1) is 23.4 Å². The van der Waals surface area contributed by atoms with Crippen LogP contribution in [0, 0.1) is 0 Å². The average Bonchev–Trinajstić information content (AvgIpc) is 3.56. The van der Waals surface area contributed by atoms with Crippen LogP contribution in [-0.2, 0) is 6.54 Å².